The quantitative estimate of drug-likeness (QED) is 0.795. The molecule has 0 amide bonds. The SMILES string of the molecule is Cc1nc(CCO)c2cc(-c3ccccc3)sc2n1. The zero-order valence-corrected chi connectivity index (χ0v) is 11.4. The number of aromatic nitrogens is 2. The molecular formula is C15H14N2OS. The van der Waals surface area contributed by atoms with Gasteiger partial charge in [-0.3, -0.25) is 0 Å². The van der Waals surface area contributed by atoms with E-state index in [0.29, 0.717) is 6.42 Å². The molecule has 3 rings (SSSR count). The van der Waals surface area contributed by atoms with E-state index in [1.165, 1.54) is 10.4 Å². The fraction of sp³-hybridized carbons (Fsp3) is 0.200. The fourth-order valence-electron chi connectivity index (χ4n) is 2.14. The summed E-state index contributed by atoms with van der Waals surface area (Å²) in [4.78, 5) is 11.1. The highest BCUT2D eigenvalue weighted by molar-refractivity contribution is 7.21. The Morgan fingerprint density at radius 3 is 2.68 bits per heavy atom. The van der Waals surface area contributed by atoms with Crippen LogP contribution in [-0.2, 0) is 6.42 Å². The van der Waals surface area contributed by atoms with Gasteiger partial charge in [0, 0.05) is 23.3 Å². The molecule has 0 saturated carbocycles. The van der Waals surface area contributed by atoms with Crippen molar-refractivity contribution < 1.29 is 5.11 Å². The molecule has 0 unspecified atom stereocenters. The van der Waals surface area contributed by atoms with E-state index in [1.54, 1.807) is 11.3 Å². The molecule has 0 spiro atoms. The molecule has 1 N–H and O–H groups in total. The summed E-state index contributed by atoms with van der Waals surface area (Å²) in [6.07, 6.45) is 0.574. The molecule has 19 heavy (non-hydrogen) atoms. The summed E-state index contributed by atoms with van der Waals surface area (Å²) in [5.74, 6) is 0.761. The molecule has 0 aliphatic heterocycles. The predicted octanol–water partition coefficient (Wildman–Crippen LogP) is 3.20. The van der Waals surface area contributed by atoms with Gasteiger partial charge in [0.05, 0.1) is 5.69 Å². The lowest BCUT2D eigenvalue weighted by Gasteiger charge is -2.00. The first kappa shape index (κ1) is 12.3. The molecule has 0 aliphatic rings. The number of rotatable bonds is 3. The number of thiophene rings is 1. The van der Waals surface area contributed by atoms with Crippen LogP contribution in [0, 0.1) is 6.92 Å². The number of aryl methyl sites for hydroxylation is 1. The summed E-state index contributed by atoms with van der Waals surface area (Å²) < 4.78 is 0. The Balaban J connectivity index is 2.17. The zero-order chi connectivity index (χ0) is 13.2. The van der Waals surface area contributed by atoms with Crippen LogP contribution in [0.4, 0.5) is 0 Å². The molecule has 2 heterocycles. The van der Waals surface area contributed by atoms with Crippen molar-refractivity contribution >= 4 is 21.6 Å². The number of benzene rings is 1. The van der Waals surface area contributed by atoms with Gasteiger partial charge in [-0.15, -0.1) is 11.3 Å². The van der Waals surface area contributed by atoms with Gasteiger partial charge in [0.15, 0.2) is 0 Å². The molecule has 96 valence electrons. The van der Waals surface area contributed by atoms with Crippen LogP contribution in [-0.4, -0.2) is 21.7 Å². The molecular weight excluding hydrogens is 256 g/mol. The Morgan fingerprint density at radius 1 is 1.16 bits per heavy atom. The summed E-state index contributed by atoms with van der Waals surface area (Å²) in [5, 5.41) is 10.2. The maximum atomic E-state index is 9.14. The molecule has 0 atom stereocenters. The third-order valence-corrected chi connectivity index (χ3v) is 4.07. The van der Waals surface area contributed by atoms with Gasteiger partial charge in [0.1, 0.15) is 10.7 Å². The van der Waals surface area contributed by atoms with E-state index in [9.17, 15) is 0 Å². The van der Waals surface area contributed by atoms with Crippen LogP contribution in [0.2, 0.25) is 0 Å². The Hall–Kier alpha value is -1.78. The minimum Gasteiger partial charge on any atom is -0.396 e. The van der Waals surface area contributed by atoms with Gasteiger partial charge in [-0.2, -0.15) is 0 Å². The molecule has 0 aliphatic carbocycles. The minimum absolute atomic E-state index is 0.113. The van der Waals surface area contributed by atoms with Crippen molar-refractivity contribution in [2.24, 2.45) is 0 Å². The molecule has 2 aromatic heterocycles. The Morgan fingerprint density at radius 2 is 1.95 bits per heavy atom. The Bertz CT molecular complexity index is 707. The number of hydrogen-bond donors (Lipinski definition) is 1. The number of aliphatic hydroxyl groups is 1. The van der Waals surface area contributed by atoms with E-state index in [4.69, 9.17) is 5.11 Å². The molecule has 0 saturated heterocycles. The van der Waals surface area contributed by atoms with Crippen LogP contribution in [0.25, 0.3) is 20.7 Å². The highest BCUT2D eigenvalue weighted by Gasteiger charge is 2.10. The highest BCUT2D eigenvalue weighted by atomic mass is 32.1. The molecule has 1 aromatic carbocycles. The van der Waals surface area contributed by atoms with Crippen molar-refractivity contribution in [3.63, 3.8) is 0 Å². The topological polar surface area (TPSA) is 46.0 Å². The lowest BCUT2D eigenvalue weighted by Crippen LogP contribution is -1.98. The van der Waals surface area contributed by atoms with E-state index >= 15 is 0 Å². The standard InChI is InChI=1S/C15H14N2OS/c1-10-16-13(7-8-18)12-9-14(19-15(12)17-10)11-5-3-2-4-6-11/h2-6,9,18H,7-8H2,1H3. The van der Waals surface area contributed by atoms with E-state index < -0.39 is 0 Å². The maximum absolute atomic E-state index is 9.14. The lowest BCUT2D eigenvalue weighted by atomic mass is 10.1. The summed E-state index contributed by atoms with van der Waals surface area (Å²) in [7, 11) is 0. The van der Waals surface area contributed by atoms with Gasteiger partial charge in [-0.1, -0.05) is 30.3 Å². The van der Waals surface area contributed by atoms with E-state index in [0.717, 1.165) is 21.7 Å². The van der Waals surface area contributed by atoms with Crippen molar-refractivity contribution in [1.29, 1.82) is 0 Å². The maximum Gasteiger partial charge on any atom is 0.127 e. The first-order valence-corrected chi connectivity index (χ1v) is 7.03. The van der Waals surface area contributed by atoms with Gasteiger partial charge < -0.3 is 5.11 Å². The minimum atomic E-state index is 0.113. The monoisotopic (exact) mass is 270 g/mol. The van der Waals surface area contributed by atoms with Crippen LogP contribution in [0.15, 0.2) is 36.4 Å². The largest absolute Gasteiger partial charge is 0.396 e. The Kier molecular flexibility index (Phi) is 3.27. The number of fused-ring (bicyclic) bond motifs is 1. The van der Waals surface area contributed by atoms with Crippen molar-refractivity contribution in [3.05, 3.63) is 47.9 Å². The summed E-state index contributed by atoms with van der Waals surface area (Å²) in [6.45, 7) is 2.00. The van der Waals surface area contributed by atoms with Crippen LogP contribution in [0.5, 0.6) is 0 Å². The normalized spacial score (nSPS) is 11.1. The number of aliphatic hydroxyl groups excluding tert-OH is 1. The van der Waals surface area contributed by atoms with E-state index in [1.807, 2.05) is 25.1 Å². The van der Waals surface area contributed by atoms with Crippen LogP contribution in [0.3, 0.4) is 0 Å². The second-order valence-corrected chi connectivity index (χ2v) is 5.42. The lowest BCUT2D eigenvalue weighted by molar-refractivity contribution is 0.298. The van der Waals surface area contributed by atoms with Crippen molar-refractivity contribution in [2.75, 3.05) is 6.61 Å². The van der Waals surface area contributed by atoms with Crippen molar-refractivity contribution in [2.45, 2.75) is 13.3 Å². The van der Waals surface area contributed by atoms with Crippen LogP contribution in [0.1, 0.15) is 11.5 Å². The van der Waals surface area contributed by atoms with Crippen molar-refractivity contribution in [1.82, 2.24) is 9.97 Å². The smallest absolute Gasteiger partial charge is 0.127 e. The van der Waals surface area contributed by atoms with Gasteiger partial charge in [-0.05, 0) is 18.6 Å². The highest BCUT2D eigenvalue weighted by Crippen LogP contribution is 2.33. The van der Waals surface area contributed by atoms with Crippen molar-refractivity contribution in [3.8, 4) is 10.4 Å². The summed E-state index contributed by atoms with van der Waals surface area (Å²) in [6, 6.07) is 12.4. The van der Waals surface area contributed by atoms with Gasteiger partial charge in [-0.25, -0.2) is 9.97 Å². The molecule has 0 radical (unpaired) electrons. The molecule has 4 heteroatoms. The third kappa shape index (κ3) is 2.37. The molecule has 3 nitrogen and oxygen atoms in total. The summed E-state index contributed by atoms with van der Waals surface area (Å²) >= 11 is 1.67. The van der Waals surface area contributed by atoms with Gasteiger partial charge in [0.25, 0.3) is 0 Å². The molecule has 0 bridgehead atoms. The average molecular weight is 270 g/mol. The Labute approximate surface area is 115 Å². The van der Waals surface area contributed by atoms with Crippen LogP contribution < -0.4 is 0 Å². The second-order valence-electron chi connectivity index (χ2n) is 4.39. The fourth-order valence-corrected chi connectivity index (χ4v) is 3.24. The first-order valence-electron chi connectivity index (χ1n) is 6.21. The van der Waals surface area contributed by atoms with Gasteiger partial charge >= 0.3 is 0 Å². The van der Waals surface area contributed by atoms with E-state index in [-0.39, 0.29) is 6.61 Å². The second kappa shape index (κ2) is 5.07. The van der Waals surface area contributed by atoms with E-state index in [2.05, 4.69) is 28.2 Å². The molecule has 0 fully saturated rings. The number of nitrogens with zero attached hydrogens (tertiary/aromatic N) is 2. The summed E-state index contributed by atoms with van der Waals surface area (Å²) in [5.41, 5.74) is 2.13. The molecule has 3 aromatic rings. The predicted molar refractivity (Wildman–Crippen MR) is 78.4 cm³/mol. The first-order chi connectivity index (χ1) is 9.28. The number of hydrogen-bond acceptors (Lipinski definition) is 4. The zero-order valence-electron chi connectivity index (χ0n) is 10.6. The van der Waals surface area contributed by atoms with Crippen LogP contribution >= 0.6 is 11.3 Å². The van der Waals surface area contributed by atoms with Gasteiger partial charge in [0.2, 0.25) is 0 Å². The average Bonchev–Trinajstić information content (AvgIpc) is 2.84. The third-order valence-electron chi connectivity index (χ3n) is 2.99.